The Bertz CT molecular complexity index is 1820. The highest BCUT2D eigenvalue weighted by Gasteiger charge is 2.20. The number of rotatable bonds is 8. The lowest BCUT2D eigenvalue weighted by molar-refractivity contribution is 0.167. The molecule has 10 heteroatoms. The van der Waals surface area contributed by atoms with Gasteiger partial charge in [0.1, 0.15) is 22.5 Å². The molecule has 0 amide bonds. The van der Waals surface area contributed by atoms with E-state index in [1.807, 2.05) is 65.5 Å². The monoisotopic (exact) mass is 608 g/mol. The van der Waals surface area contributed by atoms with E-state index in [0.717, 1.165) is 70.9 Å². The molecule has 1 fully saturated rings. The number of thiazole rings is 1. The Balaban J connectivity index is 1.20. The molecule has 5 heterocycles. The van der Waals surface area contributed by atoms with Crippen LogP contribution in [-0.4, -0.2) is 44.0 Å². The molecule has 0 bridgehead atoms. The maximum Gasteiger partial charge on any atom is 0.260 e. The second-order valence-corrected chi connectivity index (χ2v) is 13.0. The lowest BCUT2D eigenvalue weighted by Crippen LogP contribution is -2.37. The number of hydrogen-bond donors (Lipinski definition) is 2. The topological polar surface area (TPSA) is 94.0 Å². The Labute approximate surface area is 258 Å². The molecule has 43 heavy (non-hydrogen) atoms. The van der Waals surface area contributed by atoms with Crippen molar-refractivity contribution in [3.8, 4) is 27.4 Å². The number of piperidine rings is 1. The number of aryl methyl sites for hydroxylation is 1. The van der Waals surface area contributed by atoms with E-state index in [-0.39, 0.29) is 16.9 Å². The Kier molecular flexibility index (Phi) is 7.97. The van der Waals surface area contributed by atoms with Crippen LogP contribution in [0.5, 0.6) is 5.75 Å². The zero-order chi connectivity index (χ0) is 29.2. The van der Waals surface area contributed by atoms with Gasteiger partial charge in [-0.2, -0.15) is 4.98 Å². The lowest BCUT2D eigenvalue weighted by atomic mass is 9.98. The minimum atomic E-state index is -0.0477. The Morgan fingerprint density at radius 3 is 2.77 bits per heavy atom. The number of benzene rings is 2. The van der Waals surface area contributed by atoms with Crippen LogP contribution in [0.15, 0.2) is 82.6 Å². The van der Waals surface area contributed by atoms with Gasteiger partial charge in [-0.25, -0.2) is 9.97 Å². The van der Waals surface area contributed by atoms with Gasteiger partial charge in [0.25, 0.3) is 5.56 Å². The van der Waals surface area contributed by atoms with Gasteiger partial charge in [-0.1, -0.05) is 18.2 Å². The van der Waals surface area contributed by atoms with Gasteiger partial charge >= 0.3 is 0 Å². The maximum atomic E-state index is 14.1. The molecule has 8 nitrogen and oxygen atoms in total. The molecule has 0 aliphatic carbocycles. The first-order valence-electron chi connectivity index (χ1n) is 14.6. The van der Waals surface area contributed by atoms with Crippen LogP contribution < -0.4 is 20.9 Å². The third kappa shape index (κ3) is 6.08. The van der Waals surface area contributed by atoms with Gasteiger partial charge < -0.3 is 15.4 Å². The summed E-state index contributed by atoms with van der Waals surface area (Å²) >= 11 is 3.36. The number of hydrogen-bond acceptors (Lipinski definition) is 9. The Morgan fingerprint density at radius 2 is 2.02 bits per heavy atom. The van der Waals surface area contributed by atoms with E-state index in [2.05, 4.69) is 38.2 Å². The van der Waals surface area contributed by atoms with Crippen molar-refractivity contribution in [1.29, 1.82) is 0 Å². The maximum absolute atomic E-state index is 14.1. The first kappa shape index (κ1) is 27.8. The van der Waals surface area contributed by atoms with Crippen LogP contribution in [-0.2, 0) is 6.54 Å². The second kappa shape index (κ2) is 12.3. The summed E-state index contributed by atoms with van der Waals surface area (Å²) in [5.41, 5.74) is 5.07. The molecule has 2 N–H and O–H groups in total. The molecule has 7 rings (SSSR count). The summed E-state index contributed by atoms with van der Waals surface area (Å²) in [6.07, 6.45) is 9.09. The van der Waals surface area contributed by atoms with Gasteiger partial charge in [0, 0.05) is 58.3 Å². The molecule has 3 aromatic heterocycles. The van der Waals surface area contributed by atoms with E-state index in [0.29, 0.717) is 23.7 Å². The highest BCUT2D eigenvalue weighted by Crippen LogP contribution is 2.31. The summed E-state index contributed by atoms with van der Waals surface area (Å²) in [4.78, 5) is 28.1. The molecule has 1 saturated heterocycles. The van der Waals surface area contributed by atoms with Crippen LogP contribution in [0.3, 0.4) is 0 Å². The molecule has 2 unspecified atom stereocenters. The predicted molar refractivity (Wildman–Crippen MR) is 176 cm³/mol. The second-order valence-electron chi connectivity index (χ2n) is 10.9. The molecule has 2 aliphatic heterocycles. The molecule has 2 aromatic carbocycles. The average Bonchev–Trinajstić information content (AvgIpc) is 3.76. The molecule has 218 valence electrons. The van der Waals surface area contributed by atoms with Crippen molar-refractivity contribution in [3.63, 3.8) is 0 Å². The predicted octanol–water partition coefficient (Wildman–Crippen LogP) is 6.78. The molecule has 0 saturated carbocycles. The van der Waals surface area contributed by atoms with Crippen LogP contribution in [0, 0.1) is 6.92 Å². The third-order valence-electron chi connectivity index (χ3n) is 7.84. The van der Waals surface area contributed by atoms with Gasteiger partial charge in [-0.15, -0.1) is 23.1 Å². The van der Waals surface area contributed by atoms with Crippen LogP contribution in [0.4, 0.5) is 11.6 Å². The summed E-state index contributed by atoms with van der Waals surface area (Å²) in [6.45, 7) is 4.54. The number of nitrogens with one attached hydrogen (secondary N) is 2. The number of fused-ring (bicyclic) bond motifs is 1. The van der Waals surface area contributed by atoms with Gasteiger partial charge in [0.2, 0.25) is 5.95 Å². The summed E-state index contributed by atoms with van der Waals surface area (Å²) in [6, 6.07) is 16.0. The largest absolute Gasteiger partial charge is 0.489 e. The quantitative estimate of drug-likeness (QED) is 0.199. The number of anilines is 2. The fourth-order valence-electron chi connectivity index (χ4n) is 5.66. The highest BCUT2D eigenvalue weighted by atomic mass is 32.2. The minimum absolute atomic E-state index is 0.0477. The zero-order valence-corrected chi connectivity index (χ0v) is 25.5. The number of thioether (sulfide) groups is 1. The fraction of sp³-hybridized carbons (Fsp3) is 0.273. The van der Waals surface area contributed by atoms with Crippen molar-refractivity contribution in [3.05, 3.63) is 93.7 Å². The summed E-state index contributed by atoms with van der Waals surface area (Å²) in [5, 5.41) is 12.9. The van der Waals surface area contributed by atoms with Crippen molar-refractivity contribution >= 4 is 45.8 Å². The summed E-state index contributed by atoms with van der Waals surface area (Å²) in [5.74, 6) is 1.29. The Morgan fingerprint density at radius 1 is 1.12 bits per heavy atom. The number of pyridine rings is 1. The van der Waals surface area contributed by atoms with Gasteiger partial charge in [0.15, 0.2) is 0 Å². The van der Waals surface area contributed by atoms with E-state index >= 15 is 0 Å². The van der Waals surface area contributed by atoms with Crippen LogP contribution in [0.1, 0.15) is 24.8 Å². The van der Waals surface area contributed by atoms with E-state index in [4.69, 9.17) is 9.72 Å². The average molecular weight is 609 g/mol. The van der Waals surface area contributed by atoms with E-state index in [1.54, 1.807) is 29.3 Å². The molecule has 0 spiro atoms. The minimum Gasteiger partial charge on any atom is -0.489 e. The summed E-state index contributed by atoms with van der Waals surface area (Å²) in [7, 11) is 0. The van der Waals surface area contributed by atoms with Crippen molar-refractivity contribution in [2.45, 2.75) is 44.1 Å². The summed E-state index contributed by atoms with van der Waals surface area (Å²) < 4.78 is 7.95. The molecule has 2 atom stereocenters. The standard InChI is InChI=1S/C33H32N6O2S2/c1-21-16-22(31-35-13-15-43-31)6-11-28(21)29-17-23-18-36-33(38-30(23)39(32(29)40)20-27-5-3-14-42-27)37-24-7-9-25(10-8-24)41-26-4-2-12-34-19-26/h3,6-11,13-18,26-27,34H,2,4-5,12,19-20H2,1H3,(H,36,37,38). The first-order valence-corrected chi connectivity index (χ1v) is 16.4. The number of allylic oxidation sites excluding steroid dienone is 1. The third-order valence-corrected chi connectivity index (χ3v) is 9.74. The van der Waals surface area contributed by atoms with Crippen LogP contribution in [0.25, 0.3) is 32.7 Å². The zero-order valence-electron chi connectivity index (χ0n) is 23.8. The normalized spacial score (nSPS) is 18.3. The Hall–Kier alpha value is -3.99. The fourth-order valence-corrected chi connectivity index (χ4v) is 7.19. The van der Waals surface area contributed by atoms with Gasteiger partial charge in [-0.05, 0) is 85.7 Å². The molecule has 0 radical (unpaired) electrons. The van der Waals surface area contributed by atoms with E-state index < -0.39 is 0 Å². The van der Waals surface area contributed by atoms with Gasteiger partial charge in [0.05, 0.1) is 0 Å². The highest BCUT2D eigenvalue weighted by molar-refractivity contribution is 8.03. The van der Waals surface area contributed by atoms with Crippen molar-refractivity contribution < 1.29 is 4.74 Å². The number of aromatic nitrogens is 4. The number of ether oxygens (including phenoxy) is 1. The first-order chi connectivity index (χ1) is 21.1. The van der Waals surface area contributed by atoms with Crippen LogP contribution >= 0.6 is 23.1 Å². The number of nitrogens with zero attached hydrogens (tertiary/aromatic N) is 4. The molecule has 2 aliphatic rings. The van der Waals surface area contributed by atoms with Crippen molar-refractivity contribution in [1.82, 2.24) is 24.8 Å². The van der Waals surface area contributed by atoms with Crippen molar-refractivity contribution in [2.75, 3.05) is 18.4 Å². The van der Waals surface area contributed by atoms with E-state index in [1.165, 1.54) is 0 Å². The lowest BCUT2D eigenvalue weighted by Gasteiger charge is -2.24. The van der Waals surface area contributed by atoms with Crippen molar-refractivity contribution in [2.24, 2.45) is 0 Å². The smallest absolute Gasteiger partial charge is 0.260 e. The van der Waals surface area contributed by atoms with E-state index in [9.17, 15) is 4.79 Å². The van der Waals surface area contributed by atoms with Gasteiger partial charge in [-0.3, -0.25) is 9.36 Å². The molecular weight excluding hydrogens is 577 g/mol. The molecular formula is C33H32N6O2S2. The van der Waals surface area contributed by atoms with Crippen LogP contribution in [0.2, 0.25) is 0 Å². The molecule has 5 aromatic rings. The SMILES string of the molecule is Cc1cc(-c2nccs2)ccc1-c1cc2cnc(Nc3ccc(OC4CCCNC4)cc3)nc2n(CC2CC=CS2)c1=O.